The monoisotopic (exact) mass is 916 g/mol. The van der Waals surface area contributed by atoms with E-state index in [1.807, 2.05) is 0 Å². The molecule has 4 amide bonds. The van der Waals surface area contributed by atoms with Crippen molar-refractivity contribution in [2.45, 2.75) is 25.9 Å². The number of aliphatic imine (C=N–C) groups is 4. The van der Waals surface area contributed by atoms with Crippen molar-refractivity contribution in [3.05, 3.63) is 117 Å². The molecule has 17 nitrogen and oxygen atoms in total. The third-order valence-electron chi connectivity index (χ3n) is 8.44. The summed E-state index contributed by atoms with van der Waals surface area (Å²) in [5.41, 5.74) is 17.1. The third-order valence-corrected chi connectivity index (χ3v) is 9.10. The van der Waals surface area contributed by atoms with Gasteiger partial charge in [-0.25, -0.2) is 39.6 Å². The molecule has 0 radical (unpaired) electrons. The number of nitrogens with two attached hydrogens (primary N) is 3. The maximum atomic E-state index is 14.6. The highest BCUT2D eigenvalue weighted by Crippen LogP contribution is 2.36. The van der Waals surface area contributed by atoms with Gasteiger partial charge in [-0.2, -0.15) is 5.10 Å². The van der Waals surface area contributed by atoms with Gasteiger partial charge in [-0.3, -0.25) is 20.2 Å². The first-order valence-corrected chi connectivity index (χ1v) is 18.4. The van der Waals surface area contributed by atoms with E-state index in [1.165, 1.54) is 59.6 Å². The number of Topliss-reactive ketones (excluding diaryl/α,β-unsaturated/α-hetero) is 1. The Hall–Kier alpha value is -6.67. The standard InChI is InChI=1S/C20H19ClFN5O3.C19H16ClFN2O3.CH5N3O.ClH/c1-10(26-27-20(23)28)17-19(30-3)24-15-9-16(29-2)14(22)8-12(15)18(25-17)11-6-4-5-7-13(11)21;1-10(24)17-19(26-3)22-15-9-16(25-2)14(21)8-12(15)18(23-17)11-6-4-5-7-13(11)20;2-1(5)4-3;/h4-9,17H,1-3H3,(H3,23,27,28);4-9,17H,1-3H3;3H2,(H3,2,4,5);1H/b26-10+;;;. The molecule has 0 saturated heterocycles. The number of ketones is 1. The van der Waals surface area contributed by atoms with Crippen molar-refractivity contribution in [2.75, 3.05) is 28.4 Å². The number of hydrogen-bond donors (Lipinski definition) is 5. The Kier molecular flexibility index (Phi) is 18.3. The van der Waals surface area contributed by atoms with Crippen LogP contribution in [0.15, 0.2) is 97.9 Å². The zero-order valence-corrected chi connectivity index (χ0v) is 36.2. The minimum absolute atomic E-state index is 0. The second-order valence-corrected chi connectivity index (χ2v) is 13.2. The lowest BCUT2D eigenvalue weighted by atomic mass is 10.00. The summed E-state index contributed by atoms with van der Waals surface area (Å²) >= 11 is 12.7. The quantitative estimate of drug-likeness (QED) is 0.0603. The maximum Gasteiger partial charge on any atom is 0.332 e. The lowest BCUT2D eigenvalue weighted by Gasteiger charge is -2.15. The highest BCUT2D eigenvalue weighted by atomic mass is 35.5. The number of urea groups is 2. The summed E-state index contributed by atoms with van der Waals surface area (Å²) < 4.78 is 49.8. The average Bonchev–Trinajstić information content (AvgIpc) is 3.50. The molecule has 62 heavy (non-hydrogen) atoms. The zero-order chi connectivity index (χ0) is 45.0. The van der Waals surface area contributed by atoms with Crippen molar-refractivity contribution in [3.63, 3.8) is 0 Å². The predicted octanol–water partition coefficient (Wildman–Crippen LogP) is 6.35. The minimum atomic E-state index is -0.951. The Labute approximate surface area is 370 Å². The van der Waals surface area contributed by atoms with Gasteiger partial charge in [-0.15, -0.1) is 12.4 Å². The Bertz CT molecular complexity index is 2480. The van der Waals surface area contributed by atoms with E-state index in [2.05, 4.69) is 37.1 Å². The lowest BCUT2D eigenvalue weighted by Crippen LogP contribution is -2.34. The molecule has 0 aromatic heterocycles. The van der Waals surface area contributed by atoms with E-state index >= 15 is 0 Å². The van der Waals surface area contributed by atoms with E-state index in [0.717, 1.165) is 0 Å². The molecule has 4 aromatic carbocycles. The summed E-state index contributed by atoms with van der Waals surface area (Å²) in [6, 6.07) is 16.2. The molecule has 0 spiro atoms. The molecule has 2 aliphatic rings. The SMILES string of the molecule is COC1=Nc2cc(OC)c(F)cc2C(c2ccccc2Cl)=NC1/C(C)=N/NC(N)=O.COC1=Nc2cc(OC)c(F)cc2C(c2ccccc2Cl)=NC1C(C)=O.Cl.NNC(N)=O. The number of nitrogens with zero attached hydrogens (tertiary/aromatic N) is 5. The molecule has 328 valence electrons. The number of benzene rings is 4. The van der Waals surface area contributed by atoms with Gasteiger partial charge < -0.3 is 30.4 Å². The van der Waals surface area contributed by atoms with Crippen LogP contribution < -0.4 is 37.6 Å². The molecule has 4 aromatic rings. The Morgan fingerprint density at radius 2 is 1.06 bits per heavy atom. The molecule has 2 heterocycles. The first kappa shape index (κ1) is 49.7. The summed E-state index contributed by atoms with van der Waals surface area (Å²) in [6.07, 6.45) is 0. The van der Waals surface area contributed by atoms with Crippen LogP contribution in [0.1, 0.15) is 36.1 Å². The van der Waals surface area contributed by atoms with Crippen LogP contribution >= 0.6 is 35.6 Å². The van der Waals surface area contributed by atoms with Crippen molar-refractivity contribution in [1.29, 1.82) is 0 Å². The number of carbonyl (C=O) groups is 3. The third kappa shape index (κ3) is 12.0. The largest absolute Gasteiger partial charge is 0.494 e. The summed E-state index contributed by atoms with van der Waals surface area (Å²) in [7, 11) is 5.56. The van der Waals surface area contributed by atoms with Crippen molar-refractivity contribution in [3.8, 4) is 11.5 Å². The van der Waals surface area contributed by atoms with Crippen LogP contribution in [0, 0.1) is 11.6 Å². The fourth-order valence-corrected chi connectivity index (χ4v) is 6.07. The molecule has 2 atom stereocenters. The number of amides is 4. The van der Waals surface area contributed by atoms with Gasteiger partial charge in [0.2, 0.25) is 11.8 Å². The van der Waals surface area contributed by atoms with Gasteiger partial charge >= 0.3 is 12.1 Å². The number of carbonyl (C=O) groups excluding carboxylic acids is 3. The average molecular weight is 918 g/mol. The summed E-state index contributed by atoms with van der Waals surface area (Å²) in [4.78, 5) is 50.7. The Morgan fingerprint density at radius 3 is 1.42 bits per heavy atom. The highest BCUT2D eigenvalue weighted by molar-refractivity contribution is 6.37. The van der Waals surface area contributed by atoms with Gasteiger partial charge in [0.25, 0.3) is 0 Å². The van der Waals surface area contributed by atoms with Crippen LogP contribution in [0.25, 0.3) is 0 Å². The first-order chi connectivity index (χ1) is 29.1. The molecule has 8 N–H and O–H groups in total. The second-order valence-electron chi connectivity index (χ2n) is 12.4. The van der Waals surface area contributed by atoms with Gasteiger partial charge in [0.05, 0.1) is 56.9 Å². The lowest BCUT2D eigenvalue weighted by molar-refractivity contribution is -0.117. The fraction of sp³-hybridized carbons (Fsp3) is 0.200. The number of hydrogen-bond acceptors (Lipinski definition) is 13. The summed E-state index contributed by atoms with van der Waals surface area (Å²) in [5.74, 6) is 3.39. The number of fused-ring (bicyclic) bond motifs is 2. The summed E-state index contributed by atoms with van der Waals surface area (Å²) in [5, 5.41) is 4.79. The van der Waals surface area contributed by atoms with Crippen molar-refractivity contribution in [1.82, 2.24) is 10.9 Å². The molecule has 0 bridgehead atoms. The van der Waals surface area contributed by atoms with Crippen LogP contribution in [0.2, 0.25) is 10.0 Å². The number of hydrazine groups is 1. The number of rotatable bonds is 7. The normalized spacial score (nSPS) is 15.0. The van der Waals surface area contributed by atoms with E-state index in [-0.39, 0.29) is 41.5 Å². The smallest absolute Gasteiger partial charge is 0.332 e. The molecule has 6 rings (SSSR count). The van der Waals surface area contributed by atoms with Crippen LogP contribution in [-0.4, -0.2) is 87.3 Å². The van der Waals surface area contributed by atoms with Crippen LogP contribution in [-0.2, 0) is 14.3 Å². The van der Waals surface area contributed by atoms with E-state index in [0.29, 0.717) is 60.8 Å². The fourth-order valence-electron chi connectivity index (χ4n) is 5.62. The van der Waals surface area contributed by atoms with Gasteiger partial charge in [-0.1, -0.05) is 59.6 Å². The van der Waals surface area contributed by atoms with Crippen LogP contribution in [0.4, 0.5) is 29.7 Å². The van der Waals surface area contributed by atoms with E-state index in [9.17, 15) is 23.2 Å². The molecule has 2 aliphatic heterocycles. The van der Waals surface area contributed by atoms with E-state index < -0.39 is 35.8 Å². The predicted molar refractivity (Wildman–Crippen MR) is 237 cm³/mol. The van der Waals surface area contributed by atoms with E-state index in [1.54, 1.807) is 60.9 Å². The van der Waals surface area contributed by atoms with Crippen LogP contribution in [0.3, 0.4) is 0 Å². The molecule has 0 fully saturated rings. The number of primary amides is 2. The van der Waals surface area contributed by atoms with Crippen LogP contribution in [0.5, 0.6) is 11.5 Å². The van der Waals surface area contributed by atoms with Gasteiger partial charge in [-0.05, 0) is 38.1 Å². The number of halogens is 5. The molecular formula is C40H41Cl3F2N10O7. The van der Waals surface area contributed by atoms with Gasteiger partial charge in [0, 0.05) is 44.4 Å². The van der Waals surface area contributed by atoms with E-state index in [4.69, 9.17) is 52.9 Å². The zero-order valence-electron chi connectivity index (χ0n) is 33.8. The first-order valence-electron chi connectivity index (χ1n) is 17.6. The summed E-state index contributed by atoms with van der Waals surface area (Å²) in [6.45, 7) is 3.02. The Morgan fingerprint density at radius 1 is 0.661 bits per heavy atom. The number of ether oxygens (including phenoxy) is 4. The number of hydrazone groups is 1. The van der Waals surface area contributed by atoms with Crippen molar-refractivity contribution < 1.29 is 42.1 Å². The topological polar surface area (TPSA) is 252 Å². The molecular weight excluding hydrogens is 877 g/mol. The van der Waals surface area contributed by atoms with Gasteiger partial charge in [0.1, 0.15) is 0 Å². The minimum Gasteiger partial charge on any atom is -0.494 e. The number of methoxy groups -OCH3 is 4. The Balaban J connectivity index is 0.000000296. The van der Waals surface area contributed by atoms with Gasteiger partial charge in [0.15, 0.2) is 41.0 Å². The van der Waals surface area contributed by atoms with Crippen molar-refractivity contribution >= 4 is 93.8 Å². The molecule has 0 aliphatic carbocycles. The molecule has 0 saturated carbocycles. The highest BCUT2D eigenvalue weighted by Gasteiger charge is 2.31. The number of nitrogens with one attached hydrogen (secondary N) is 2. The maximum absolute atomic E-state index is 14.6. The molecule has 2 unspecified atom stereocenters. The van der Waals surface area contributed by atoms with Crippen molar-refractivity contribution in [2.24, 2.45) is 42.4 Å². The molecule has 22 heteroatoms. The second kappa shape index (κ2) is 22.8.